The van der Waals surface area contributed by atoms with E-state index in [1.807, 2.05) is 6.07 Å². The van der Waals surface area contributed by atoms with Gasteiger partial charge in [-0.05, 0) is 18.2 Å². The highest BCUT2D eigenvalue weighted by molar-refractivity contribution is 9.10. The summed E-state index contributed by atoms with van der Waals surface area (Å²) in [7, 11) is -3.49. The lowest BCUT2D eigenvalue weighted by Crippen LogP contribution is -2.28. The van der Waals surface area contributed by atoms with Gasteiger partial charge >= 0.3 is 0 Å². The first-order valence-electron chi connectivity index (χ1n) is 5.25. The summed E-state index contributed by atoms with van der Waals surface area (Å²) in [6.07, 6.45) is 0.980. The Balaban J connectivity index is 2.83. The zero-order chi connectivity index (χ0) is 14.5. The Morgan fingerprint density at radius 1 is 1.53 bits per heavy atom. The summed E-state index contributed by atoms with van der Waals surface area (Å²) < 4.78 is 27.3. The predicted molar refractivity (Wildman–Crippen MR) is 77.8 cm³/mol. The van der Waals surface area contributed by atoms with Crippen LogP contribution in [0.15, 0.2) is 22.7 Å². The van der Waals surface area contributed by atoms with Crippen LogP contribution in [0.3, 0.4) is 0 Å². The number of benzene rings is 1. The van der Waals surface area contributed by atoms with Gasteiger partial charge in [0, 0.05) is 11.0 Å². The molecule has 0 heterocycles. The maximum absolute atomic E-state index is 10.9. The molecule has 0 saturated heterocycles. The first-order valence-corrected chi connectivity index (χ1v) is 8.23. The van der Waals surface area contributed by atoms with E-state index in [2.05, 4.69) is 20.1 Å². The highest BCUT2D eigenvalue weighted by atomic mass is 79.9. The first kappa shape index (κ1) is 16.2. The van der Waals surface area contributed by atoms with E-state index in [4.69, 9.17) is 16.9 Å². The number of rotatable bonds is 6. The highest BCUT2D eigenvalue weighted by Gasteiger charge is 2.12. The molecule has 1 aromatic rings. The molecular weight excluding hydrogens is 356 g/mol. The molecule has 1 aromatic carbocycles. The molecule has 0 fully saturated rings. The lowest BCUT2D eigenvalue weighted by atomic mass is 10.3. The molecule has 0 saturated carbocycles. The van der Waals surface area contributed by atoms with Crippen molar-refractivity contribution in [3.05, 3.63) is 27.7 Å². The van der Waals surface area contributed by atoms with Crippen molar-refractivity contribution in [2.45, 2.75) is 0 Å². The molecule has 0 atom stereocenters. The Morgan fingerprint density at radius 3 is 2.79 bits per heavy atom. The quantitative estimate of drug-likeness (QED) is 0.570. The Bertz CT molecular complexity index is 586. The molecule has 19 heavy (non-hydrogen) atoms. The molecule has 5 nitrogen and oxygen atoms in total. The number of hydrogen-bond donors (Lipinski definition) is 0. The third-order valence-electron chi connectivity index (χ3n) is 2.17. The van der Waals surface area contributed by atoms with Gasteiger partial charge < -0.3 is 4.90 Å². The smallest absolute Gasteiger partial charge is 0.264 e. The molecule has 0 bridgehead atoms. The first-order chi connectivity index (χ1) is 8.83. The third-order valence-corrected chi connectivity index (χ3v) is 3.58. The predicted octanol–water partition coefficient (Wildman–Crippen LogP) is 2.41. The Morgan fingerprint density at radius 2 is 2.21 bits per heavy atom. The van der Waals surface area contributed by atoms with Gasteiger partial charge in [0.05, 0.1) is 29.6 Å². The topological polar surface area (TPSA) is 70.4 Å². The van der Waals surface area contributed by atoms with Crippen LogP contribution in [-0.4, -0.2) is 34.4 Å². The minimum atomic E-state index is -3.49. The molecule has 0 radical (unpaired) electrons. The van der Waals surface area contributed by atoms with Gasteiger partial charge in [-0.1, -0.05) is 27.5 Å². The van der Waals surface area contributed by atoms with E-state index in [0.717, 1.165) is 10.7 Å². The van der Waals surface area contributed by atoms with E-state index < -0.39 is 10.1 Å². The maximum Gasteiger partial charge on any atom is 0.264 e. The fraction of sp³-hybridized carbons (Fsp3) is 0.364. The molecule has 0 amide bonds. The molecule has 0 aliphatic rings. The molecule has 0 aliphatic heterocycles. The van der Waals surface area contributed by atoms with E-state index in [1.54, 1.807) is 23.1 Å². The molecule has 8 heteroatoms. The van der Waals surface area contributed by atoms with Crippen molar-refractivity contribution in [2.75, 3.05) is 30.9 Å². The van der Waals surface area contributed by atoms with Crippen LogP contribution in [-0.2, 0) is 14.3 Å². The third kappa shape index (κ3) is 5.78. The summed E-state index contributed by atoms with van der Waals surface area (Å²) in [6, 6.07) is 7.25. The second kappa shape index (κ2) is 7.10. The lowest BCUT2D eigenvalue weighted by Gasteiger charge is -2.22. The van der Waals surface area contributed by atoms with Crippen LogP contribution in [0.25, 0.3) is 0 Å². The minimum Gasteiger partial charge on any atom is -0.355 e. The summed E-state index contributed by atoms with van der Waals surface area (Å²) in [5.74, 6) is 0. The van der Waals surface area contributed by atoms with Crippen LogP contribution in [0.5, 0.6) is 0 Å². The Hall–Kier alpha value is -0.810. The molecule has 0 aromatic heterocycles. The van der Waals surface area contributed by atoms with Crippen molar-refractivity contribution in [3.8, 4) is 6.07 Å². The van der Waals surface area contributed by atoms with E-state index in [9.17, 15) is 8.42 Å². The van der Waals surface area contributed by atoms with Gasteiger partial charge in [0.2, 0.25) is 0 Å². The standard InChI is InChI=1S/C11H12BrClN2O3S/c1-19(16,17)18-7-6-15(5-4-14)11-8-9(12)2-3-10(11)13/h2-3,8H,5-7H2,1H3. The van der Waals surface area contributed by atoms with Crippen molar-refractivity contribution in [1.29, 1.82) is 5.26 Å². The summed E-state index contributed by atoms with van der Waals surface area (Å²) >= 11 is 9.38. The zero-order valence-electron chi connectivity index (χ0n) is 10.1. The maximum atomic E-state index is 10.9. The van der Waals surface area contributed by atoms with Crippen molar-refractivity contribution >= 4 is 43.3 Å². The number of anilines is 1. The van der Waals surface area contributed by atoms with Crippen molar-refractivity contribution < 1.29 is 12.6 Å². The second-order valence-corrected chi connectivity index (χ2v) is 6.67. The summed E-state index contributed by atoms with van der Waals surface area (Å²) in [5.41, 5.74) is 0.648. The normalized spacial score (nSPS) is 11.1. The largest absolute Gasteiger partial charge is 0.355 e. The van der Waals surface area contributed by atoms with Crippen LogP contribution in [0.4, 0.5) is 5.69 Å². The fourth-order valence-electron chi connectivity index (χ4n) is 1.40. The van der Waals surface area contributed by atoms with Crippen molar-refractivity contribution in [1.82, 2.24) is 0 Å². The fourth-order valence-corrected chi connectivity index (χ4v) is 2.36. The van der Waals surface area contributed by atoms with Crippen LogP contribution >= 0.6 is 27.5 Å². The van der Waals surface area contributed by atoms with Crippen LogP contribution in [0.1, 0.15) is 0 Å². The molecule has 104 valence electrons. The number of nitriles is 1. The zero-order valence-corrected chi connectivity index (χ0v) is 13.3. The highest BCUT2D eigenvalue weighted by Crippen LogP contribution is 2.28. The summed E-state index contributed by atoms with van der Waals surface area (Å²) in [6.45, 7) is 0.295. The molecule has 0 N–H and O–H groups in total. The Labute approximate surface area is 126 Å². The van der Waals surface area contributed by atoms with Crippen LogP contribution in [0.2, 0.25) is 5.02 Å². The average Bonchev–Trinajstić information content (AvgIpc) is 2.30. The van der Waals surface area contributed by atoms with E-state index in [0.29, 0.717) is 10.7 Å². The number of halogens is 2. The number of nitrogens with zero attached hydrogens (tertiary/aromatic N) is 2. The van der Waals surface area contributed by atoms with Crippen molar-refractivity contribution in [2.24, 2.45) is 0 Å². The number of hydrogen-bond acceptors (Lipinski definition) is 5. The summed E-state index contributed by atoms with van der Waals surface area (Å²) in [4.78, 5) is 1.65. The minimum absolute atomic E-state index is 0.0383. The van der Waals surface area contributed by atoms with Gasteiger partial charge in [0.15, 0.2) is 0 Å². The van der Waals surface area contributed by atoms with Gasteiger partial charge in [-0.3, -0.25) is 4.18 Å². The van der Waals surface area contributed by atoms with Gasteiger partial charge in [-0.15, -0.1) is 0 Å². The van der Waals surface area contributed by atoms with E-state index in [-0.39, 0.29) is 19.7 Å². The molecule has 1 rings (SSSR count). The Kier molecular flexibility index (Phi) is 6.07. The van der Waals surface area contributed by atoms with Gasteiger partial charge in [0.1, 0.15) is 6.54 Å². The molecule has 0 unspecified atom stereocenters. The van der Waals surface area contributed by atoms with Crippen LogP contribution < -0.4 is 4.90 Å². The van der Waals surface area contributed by atoms with Crippen LogP contribution in [0, 0.1) is 11.3 Å². The monoisotopic (exact) mass is 366 g/mol. The van der Waals surface area contributed by atoms with E-state index >= 15 is 0 Å². The SMILES string of the molecule is CS(=O)(=O)OCCN(CC#N)c1cc(Br)ccc1Cl. The lowest BCUT2D eigenvalue weighted by molar-refractivity contribution is 0.328. The molecular formula is C11H12BrClN2O3S. The average molecular weight is 368 g/mol. The van der Waals surface area contributed by atoms with Crippen molar-refractivity contribution in [3.63, 3.8) is 0 Å². The molecule has 0 aliphatic carbocycles. The molecule has 0 spiro atoms. The van der Waals surface area contributed by atoms with Gasteiger partial charge in [0.25, 0.3) is 10.1 Å². The summed E-state index contributed by atoms with van der Waals surface area (Å²) in [5, 5.41) is 9.30. The van der Waals surface area contributed by atoms with Gasteiger partial charge in [-0.2, -0.15) is 13.7 Å². The van der Waals surface area contributed by atoms with E-state index in [1.165, 1.54) is 0 Å². The second-order valence-electron chi connectivity index (χ2n) is 3.70. The van der Waals surface area contributed by atoms with Gasteiger partial charge in [-0.25, -0.2) is 0 Å².